The maximum absolute atomic E-state index is 13.6. The number of nitrogens with one attached hydrogen (secondary N) is 2. The molecular weight excluding hydrogens is 552 g/mol. The highest BCUT2D eigenvalue weighted by molar-refractivity contribution is 7.92. The summed E-state index contributed by atoms with van der Waals surface area (Å²) in [5.41, 5.74) is 6.76. The minimum absolute atomic E-state index is 0.0881. The smallest absolute Gasteiger partial charge is 0.264 e. The van der Waals surface area contributed by atoms with E-state index in [2.05, 4.69) is 15.8 Å². The summed E-state index contributed by atoms with van der Waals surface area (Å²) in [6.45, 7) is 4.96. The molecule has 0 fully saturated rings. The quantitative estimate of drug-likeness (QED) is 0.191. The van der Waals surface area contributed by atoms with Gasteiger partial charge >= 0.3 is 0 Å². The van der Waals surface area contributed by atoms with E-state index in [4.69, 9.17) is 4.74 Å². The second kappa shape index (κ2) is 13.6. The topological polar surface area (TPSA) is 117 Å². The molecule has 2 N–H and O–H groups in total. The molecule has 42 heavy (non-hydrogen) atoms. The number of carbonyl (C=O) groups excluding carboxylic acids is 2. The van der Waals surface area contributed by atoms with Crippen molar-refractivity contribution in [2.45, 2.75) is 25.7 Å². The molecule has 0 aliphatic heterocycles. The molecule has 0 radical (unpaired) electrons. The zero-order valence-electron chi connectivity index (χ0n) is 23.6. The van der Waals surface area contributed by atoms with E-state index in [-0.39, 0.29) is 17.4 Å². The molecule has 0 atom stereocenters. The third-order valence-corrected chi connectivity index (χ3v) is 8.23. The third kappa shape index (κ3) is 7.82. The zero-order valence-corrected chi connectivity index (χ0v) is 24.4. The number of para-hydroxylation sites is 1. The zero-order chi connectivity index (χ0) is 30.1. The molecule has 0 unspecified atom stereocenters. The highest BCUT2D eigenvalue weighted by atomic mass is 32.2. The fourth-order valence-electron chi connectivity index (χ4n) is 4.01. The summed E-state index contributed by atoms with van der Waals surface area (Å²) in [5.74, 6) is -0.397. The van der Waals surface area contributed by atoms with Crippen LogP contribution in [-0.2, 0) is 19.6 Å². The van der Waals surface area contributed by atoms with Gasteiger partial charge in [-0.2, -0.15) is 5.10 Å². The van der Waals surface area contributed by atoms with Crippen LogP contribution in [0.3, 0.4) is 0 Å². The molecule has 0 aliphatic rings. The number of hydrogen-bond acceptors (Lipinski definition) is 6. The molecule has 0 heterocycles. The van der Waals surface area contributed by atoms with Gasteiger partial charge < -0.3 is 10.1 Å². The van der Waals surface area contributed by atoms with E-state index >= 15 is 0 Å². The largest absolute Gasteiger partial charge is 0.484 e. The molecule has 9 nitrogen and oxygen atoms in total. The second-order valence-corrected chi connectivity index (χ2v) is 11.5. The van der Waals surface area contributed by atoms with E-state index in [1.54, 1.807) is 60.7 Å². The Hall–Kier alpha value is -4.96. The molecule has 0 aromatic heterocycles. The van der Waals surface area contributed by atoms with Crippen molar-refractivity contribution < 1.29 is 22.7 Å². The van der Waals surface area contributed by atoms with E-state index < -0.39 is 22.5 Å². The Kier molecular flexibility index (Phi) is 9.72. The highest BCUT2D eigenvalue weighted by Crippen LogP contribution is 2.28. The number of amides is 2. The number of hydrogen-bond donors (Lipinski definition) is 2. The van der Waals surface area contributed by atoms with Crippen molar-refractivity contribution in [3.63, 3.8) is 0 Å². The Balaban J connectivity index is 1.38. The van der Waals surface area contributed by atoms with Crippen LogP contribution < -0.4 is 19.8 Å². The summed E-state index contributed by atoms with van der Waals surface area (Å²) in [6, 6.07) is 27.7. The van der Waals surface area contributed by atoms with Gasteiger partial charge in [0.15, 0.2) is 6.61 Å². The number of nitrogens with zero attached hydrogens (tertiary/aromatic N) is 2. The van der Waals surface area contributed by atoms with Gasteiger partial charge in [-0.15, -0.1) is 0 Å². The fraction of sp³-hybridized carbons (Fsp3) is 0.156. The van der Waals surface area contributed by atoms with E-state index in [0.29, 0.717) is 22.7 Å². The molecule has 10 heteroatoms. The number of sulfonamides is 1. The molecule has 2 amide bonds. The lowest BCUT2D eigenvalue weighted by Crippen LogP contribution is -2.40. The van der Waals surface area contributed by atoms with Crippen molar-refractivity contribution >= 4 is 39.4 Å². The van der Waals surface area contributed by atoms with Crippen LogP contribution in [-0.4, -0.2) is 39.6 Å². The van der Waals surface area contributed by atoms with Gasteiger partial charge in [-0.25, -0.2) is 13.8 Å². The molecular formula is C32H32N4O5S. The van der Waals surface area contributed by atoms with Crippen LogP contribution in [0.2, 0.25) is 0 Å². The van der Waals surface area contributed by atoms with Crippen molar-refractivity contribution in [1.29, 1.82) is 0 Å². The average molecular weight is 585 g/mol. The molecule has 0 bridgehead atoms. The Morgan fingerprint density at radius 2 is 1.52 bits per heavy atom. The first kappa shape index (κ1) is 30.0. The number of ether oxygens (including phenoxy) is 1. The molecule has 0 saturated carbocycles. The Morgan fingerprint density at radius 3 is 2.21 bits per heavy atom. The minimum atomic E-state index is -4.04. The molecule has 4 rings (SSSR count). The second-order valence-electron chi connectivity index (χ2n) is 9.61. The summed E-state index contributed by atoms with van der Waals surface area (Å²) in [5, 5.41) is 6.74. The van der Waals surface area contributed by atoms with Crippen molar-refractivity contribution in [3.05, 3.63) is 119 Å². The van der Waals surface area contributed by atoms with Crippen LogP contribution >= 0.6 is 0 Å². The van der Waals surface area contributed by atoms with Crippen LogP contribution in [0.1, 0.15) is 22.3 Å². The first-order valence-corrected chi connectivity index (χ1v) is 14.6. The predicted octanol–water partition coefficient (Wildman–Crippen LogP) is 4.97. The van der Waals surface area contributed by atoms with Crippen LogP contribution in [0.15, 0.2) is 107 Å². The SMILES string of the molecule is Cc1ccc(S(=O)(=O)N(CC(=O)N/N=C\c2ccc(OCC(=O)Nc3ccccc3)cc2)c2cccc(C)c2C)cc1. The lowest BCUT2D eigenvalue weighted by atomic mass is 10.1. The minimum Gasteiger partial charge on any atom is -0.484 e. The van der Waals surface area contributed by atoms with E-state index in [9.17, 15) is 18.0 Å². The summed E-state index contributed by atoms with van der Waals surface area (Å²) < 4.78 is 33.9. The van der Waals surface area contributed by atoms with Crippen LogP contribution in [0, 0.1) is 20.8 Å². The monoisotopic (exact) mass is 584 g/mol. The Bertz CT molecular complexity index is 1670. The Labute approximate surface area is 245 Å². The number of aryl methyl sites for hydroxylation is 2. The van der Waals surface area contributed by atoms with Gasteiger partial charge in [-0.05, 0) is 92.1 Å². The molecule has 216 valence electrons. The summed E-state index contributed by atoms with van der Waals surface area (Å²) >= 11 is 0. The molecule has 0 spiro atoms. The predicted molar refractivity (Wildman–Crippen MR) is 164 cm³/mol. The number of anilines is 2. The summed E-state index contributed by atoms with van der Waals surface area (Å²) in [7, 11) is -4.04. The first-order valence-electron chi connectivity index (χ1n) is 13.2. The van der Waals surface area contributed by atoms with Crippen molar-refractivity contribution in [2.24, 2.45) is 5.10 Å². The fourth-order valence-corrected chi connectivity index (χ4v) is 5.48. The number of benzene rings is 4. The molecule has 4 aromatic carbocycles. The summed E-state index contributed by atoms with van der Waals surface area (Å²) in [6.07, 6.45) is 1.43. The number of carbonyl (C=O) groups is 2. The first-order chi connectivity index (χ1) is 20.1. The van der Waals surface area contributed by atoms with Crippen LogP contribution in [0.5, 0.6) is 5.75 Å². The van der Waals surface area contributed by atoms with Crippen molar-refractivity contribution in [3.8, 4) is 5.75 Å². The number of hydrazone groups is 1. The van der Waals surface area contributed by atoms with E-state index in [0.717, 1.165) is 21.0 Å². The average Bonchev–Trinajstić information content (AvgIpc) is 2.98. The third-order valence-electron chi connectivity index (χ3n) is 6.45. The standard InChI is InChI=1S/C32H32N4O5S/c1-23-12-18-29(19-13-23)42(39,40)36(30-11-7-8-24(2)25(30)3)21-31(37)35-33-20-26-14-16-28(17-15-26)41-22-32(38)34-27-9-5-4-6-10-27/h4-20H,21-22H2,1-3H3,(H,34,38)(H,35,37)/b33-20-. The maximum Gasteiger partial charge on any atom is 0.264 e. The maximum atomic E-state index is 13.6. The van der Waals surface area contributed by atoms with Gasteiger partial charge in [-0.3, -0.25) is 13.9 Å². The van der Waals surface area contributed by atoms with Crippen molar-refractivity contribution in [1.82, 2.24) is 5.43 Å². The lowest BCUT2D eigenvalue weighted by molar-refractivity contribution is -0.119. The van der Waals surface area contributed by atoms with E-state index in [1.165, 1.54) is 18.3 Å². The molecule has 4 aromatic rings. The van der Waals surface area contributed by atoms with Gasteiger partial charge in [0.1, 0.15) is 12.3 Å². The van der Waals surface area contributed by atoms with Crippen LogP contribution in [0.25, 0.3) is 0 Å². The lowest BCUT2D eigenvalue weighted by Gasteiger charge is -2.26. The van der Waals surface area contributed by atoms with Gasteiger partial charge in [0.05, 0.1) is 16.8 Å². The summed E-state index contributed by atoms with van der Waals surface area (Å²) in [4.78, 5) is 25.1. The van der Waals surface area contributed by atoms with Gasteiger partial charge in [0.2, 0.25) is 0 Å². The van der Waals surface area contributed by atoms with Gasteiger partial charge in [-0.1, -0.05) is 48.0 Å². The normalized spacial score (nSPS) is 11.2. The Morgan fingerprint density at radius 1 is 0.833 bits per heavy atom. The van der Waals surface area contributed by atoms with E-state index in [1.807, 2.05) is 45.0 Å². The van der Waals surface area contributed by atoms with Crippen molar-refractivity contribution in [2.75, 3.05) is 22.8 Å². The van der Waals surface area contributed by atoms with Gasteiger partial charge in [0, 0.05) is 5.69 Å². The number of rotatable bonds is 11. The van der Waals surface area contributed by atoms with Gasteiger partial charge in [0.25, 0.3) is 21.8 Å². The molecule has 0 aliphatic carbocycles. The highest BCUT2D eigenvalue weighted by Gasteiger charge is 2.28. The van der Waals surface area contributed by atoms with Crippen LogP contribution in [0.4, 0.5) is 11.4 Å². The molecule has 0 saturated heterocycles.